The number of fused-ring (bicyclic) bond motifs is 1. The van der Waals surface area contributed by atoms with Crippen molar-refractivity contribution in [1.82, 2.24) is 4.90 Å². The summed E-state index contributed by atoms with van der Waals surface area (Å²) in [6, 6.07) is 9.75. The molecule has 1 N–H and O–H groups in total. The molecule has 0 aromatic heterocycles. The van der Waals surface area contributed by atoms with Crippen molar-refractivity contribution in [2.75, 3.05) is 12.0 Å². The Labute approximate surface area is 136 Å². The monoisotopic (exact) mass is 313 g/mol. The highest BCUT2D eigenvalue weighted by Crippen LogP contribution is 2.37. The predicted octanol–water partition coefficient (Wildman–Crippen LogP) is 3.04. The van der Waals surface area contributed by atoms with Crippen LogP contribution in [-0.4, -0.2) is 29.0 Å². The highest BCUT2D eigenvalue weighted by atomic mass is 16.2. The van der Waals surface area contributed by atoms with Crippen LogP contribution in [0.3, 0.4) is 0 Å². The molecule has 1 heterocycles. The van der Waals surface area contributed by atoms with Gasteiger partial charge in [-0.25, -0.2) is 0 Å². The van der Waals surface area contributed by atoms with Crippen molar-refractivity contribution in [3.05, 3.63) is 30.3 Å². The average Bonchev–Trinajstić information content (AvgIpc) is 2.83. The standard InChI is InChI=1S/C18H23N3O2/c1-2-3-11-21-17(22)15-10-9-14(12-16(15)18(21)23)20-19-13-7-5-4-6-8-13/h4-8,15-16,19H,2-3,9-12H2,1H3. The molecule has 5 heteroatoms. The van der Waals surface area contributed by atoms with Gasteiger partial charge in [0.05, 0.1) is 17.5 Å². The normalized spacial score (nSPS) is 25.8. The van der Waals surface area contributed by atoms with Gasteiger partial charge in [0, 0.05) is 12.3 Å². The van der Waals surface area contributed by atoms with Gasteiger partial charge >= 0.3 is 0 Å². The number of hydrazone groups is 1. The summed E-state index contributed by atoms with van der Waals surface area (Å²) in [6.45, 7) is 2.63. The van der Waals surface area contributed by atoms with Crippen LogP contribution >= 0.6 is 0 Å². The molecule has 122 valence electrons. The van der Waals surface area contributed by atoms with E-state index in [1.54, 1.807) is 0 Å². The zero-order valence-corrected chi connectivity index (χ0v) is 13.5. The number of carbonyl (C=O) groups is 2. The SMILES string of the molecule is CCCCN1C(=O)C2CCC(=NNc3ccccc3)CC2C1=O. The van der Waals surface area contributed by atoms with Gasteiger partial charge in [-0.3, -0.25) is 19.9 Å². The molecule has 1 aromatic rings. The number of benzene rings is 1. The number of para-hydroxylation sites is 1. The zero-order valence-electron chi connectivity index (χ0n) is 13.5. The lowest BCUT2D eigenvalue weighted by Gasteiger charge is -2.22. The van der Waals surface area contributed by atoms with E-state index < -0.39 is 0 Å². The summed E-state index contributed by atoms with van der Waals surface area (Å²) in [5, 5.41) is 4.45. The van der Waals surface area contributed by atoms with Crippen LogP contribution in [0.25, 0.3) is 0 Å². The van der Waals surface area contributed by atoms with Gasteiger partial charge in [0.2, 0.25) is 11.8 Å². The molecule has 1 aromatic carbocycles. The molecule has 23 heavy (non-hydrogen) atoms. The van der Waals surface area contributed by atoms with Crippen molar-refractivity contribution in [2.45, 2.75) is 39.0 Å². The summed E-state index contributed by atoms with van der Waals surface area (Å²) in [4.78, 5) is 26.4. The van der Waals surface area contributed by atoms with Crippen molar-refractivity contribution in [3.63, 3.8) is 0 Å². The Bertz CT molecular complexity index is 612. The molecule has 3 rings (SSSR count). The number of nitrogens with zero attached hydrogens (tertiary/aromatic N) is 2. The smallest absolute Gasteiger partial charge is 0.233 e. The van der Waals surface area contributed by atoms with Gasteiger partial charge in [0.15, 0.2) is 0 Å². The second-order valence-electron chi connectivity index (χ2n) is 6.29. The van der Waals surface area contributed by atoms with E-state index in [-0.39, 0.29) is 23.7 Å². The molecule has 2 amide bonds. The van der Waals surface area contributed by atoms with E-state index in [0.29, 0.717) is 13.0 Å². The van der Waals surface area contributed by atoms with Gasteiger partial charge in [-0.05, 0) is 37.8 Å². The number of unbranched alkanes of at least 4 members (excludes halogenated alkanes) is 1. The molecule has 2 fully saturated rings. The van der Waals surface area contributed by atoms with E-state index in [0.717, 1.165) is 37.1 Å². The average molecular weight is 313 g/mol. The van der Waals surface area contributed by atoms with Crippen molar-refractivity contribution in [1.29, 1.82) is 0 Å². The Hall–Kier alpha value is -2.17. The third kappa shape index (κ3) is 3.28. The first-order valence-electron chi connectivity index (χ1n) is 8.42. The maximum atomic E-state index is 12.5. The number of imide groups is 1. The summed E-state index contributed by atoms with van der Waals surface area (Å²) >= 11 is 0. The largest absolute Gasteiger partial charge is 0.282 e. The number of hydrogen-bond acceptors (Lipinski definition) is 4. The summed E-state index contributed by atoms with van der Waals surface area (Å²) in [5.74, 6) is -0.302. The highest BCUT2D eigenvalue weighted by molar-refractivity contribution is 6.08. The van der Waals surface area contributed by atoms with Gasteiger partial charge in [0.1, 0.15) is 0 Å². The van der Waals surface area contributed by atoms with Crippen LogP contribution in [-0.2, 0) is 9.59 Å². The second-order valence-corrected chi connectivity index (χ2v) is 6.29. The number of likely N-dealkylation sites (tertiary alicyclic amines) is 1. The molecule has 2 unspecified atom stereocenters. The number of carbonyl (C=O) groups excluding carboxylic acids is 2. The van der Waals surface area contributed by atoms with Crippen LogP contribution in [0.1, 0.15) is 39.0 Å². The van der Waals surface area contributed by atoms with E-state index in [9.17, 15) is 9.59 Å². The van der Waals surface area contributed by atoms with Crippen LogP contribution in [0.2, 0.25) is 0 Å². The maximum absolute atomic E-state index is 12.5. The van der Waals surface area contributed by atoms with Gasteiger partial charge in [-0.15, -0.1) is 0 Å². The minimum Gasteiger partial charge on any atom is -0.282 e. The van der Waals surface area contributed by atoms with E-state index in [4.69, 9.17) is 0 Å². The first-order valence-corrected chi connectivity index (χ1v) is 8.42. The molecule has 1 aliphatic heterocycles. The number of anilines is 1. The molecule has 1 saturated heterocycles. The molecule has 2 aliphatic rings. The molecule has 2 atom stereocenters. The van der Waals surface area contributed by atoms with Crippen LogP contribution in [0.15, 0.2) is 35.4 Å². The fourth-order valence-electron chi connectivity index (χ4n) is 3.38. The fraction of sp³-hybridized carbons (Fsp3) is 0.500. The minimum atomic E-state index is -0.204. The summed E-state index contributed by atoms with van der Waals surface area (Å²) in [5.41, 5.74) is 4.96. The van der Waals surface area contributed by atoms with E-state index in [1.165, 1.54) is 4.90 Å². The third-order valence-electron chi connectivity index (χ3n) is 4.70. The minimum absolute atomic E-state index is 0.000520. The van der Waals surface area contributed by atoms with Gasteiger partial charge in [0.25, 0.3) is 0 Å². The quantitative estimate of drug-likeness (QED) is 0.671. The highest BCUT2D eigenvalue weighted by Gasteiger charge is 2.49. The number of rotatable bonds is 5. The Morgan fingerprint density at radius 3 is 2.65 bits per heavy atom. The van der Waals surface area contributed by atoms with Crippen molar-refractivity contribution in [3.8, 4) is 0 Å². The molecule has 5 nitrogen and oxygen atoms in total. The molecule has 0 radical (unpaired) electrons. The van der Waals surface area contributed by atoms with Gasteiger partial charge in [-0.1, -0.05) is 31.5 Å². The van der Waals surface area contributed by atoms with Crippen molar-refractivity contribution in [2.24, 2.45) is 16.9 Å². The Kier molecular flexibility index (Phi) is 4.74. The molecule has 0 bridgehead atoms. The van der Waals surface area contributed by atoms with E-state index in [1.807, 2.05) is 30.3 Å². The van der Waals surface area contributed by atoms with E-state index >= 15 is 0 Å². The fourth-order valence-corrected chi connectivity index (χ4v) is 3.38. The van der Waals surface area contributed by atoms with Crippen LogP contribution in [0, 0.1) is 11.8 Å². The number of hydrogen-bond donors (Lipinski definition) is 1. The van der Waals surface area contributed by atoms with E-state index in [2.05, 4.69) is 17.5 Å². The van der Waals surface area contributed by atoms with Crippen LogP contribution < -0.4 is 5.43 Å². The lowest BCUT2D eigenvalue weighted by Crippen LogP contribution is -2.32. The second kappa shape index (κ2) is 6.94. The van der Waals surface area contributed by atoms with Crippen LogP contribution in [0.4, 0.5) is 5.69 Å². The molecule has 0 spiro atoms. The van der Waals surface area contributed by atoms with Gasteiger partial charge in [-0.2, -0.15) is 5.10 Å². The lowest BCUT2D eigenvalue weighted by molar-refractivity contribution is -0.139. The summed E-state index contributed by atoms with van der Waals surface area (Å²) < 4.78 is 0. The summed E-state index contributed by atoms with van der Waals surface area (Å²) in [6.07, 6.45) is 3.97. The topological polar surface area (TPSA) is 61.8 Å². The Morgan fingerprint density at radius 2 is 1.91 bits per heavy atom. The Balaban J connectivity index is 1.66. The number of nitrogens with one attached hydrogen (secondary N) is 1. The zero-order chi connectivity index (χ0) is 16.2. The summed E-state index contributed by atoms with van der Waals surface area (Å²) in [7, 11) is 0. The van der Waals surface area contributed by atoms with Crippen LogP contribution in [0.5, 0.6) is 0 Å². The third-order valence-corrected chi connectivity index (χ3v) is 4.70. The molecular formula is C18H23N3O2. The van der Waals surface area contributed by atoms with Gasteiger partial charge < -0.3 is 0 Å². The van der Waals surface area contributed by atoms with Crippen molar-refractivity contribution >= 4 is 23.2 Å². The Morgan fingerprint density at radius 1 is 1.17 bits per heavy atom. The maximum Gasteiger partial charge on any atom is 0.233 e. The first kappa shape index (κ1) is 15.7. The molecular weight excluding hydrogens is 290 g/mol. The van der Waals surface area contributed by atoms with Crippen molar-refractivity contribution < 1.29 is 9.59 Å². The first-order chi connectivity index (χ1) is 11.2. The lowest BCUT2D eigenvalue weighted by atomic mass is 9.80. The number of amides is 2. The molecule has 1 saturated carbocycles. The predicted molar refractivity (Wildman–Crippen MR) is 90.0 cm³/mol. The molecule has 1 aliphatic carbocycles.